The zero-order chi connectivity index (χ0) is 23.0. The highest BCUT2D eigenvalue weighted by molar-refractivity contribution is 4.56. The Hall–Kier alpha value is -0.320. The first-order valence-electron chi connectivity index (χ1n) is 11.9. The molecule has 1 N–H and O–H groups in total. The van der Waals surface area contributed by atoms with Gasteiger partial charge in [0.1, 0.15) is 0 Å². The van der Waals surface area contributed by atoms with Crippen LogP contribution in [0, 0.1) is 0 Å². The third kappa shape index (κ3) is 24.2. The van der Waals surface area contributed by atoms with Gasteiger partial charge in [-0.2, -0.15) is 0 Å². The molecule has 0 aromatic rings. The van der Waals surface area contributed by atoms with Gasteiger partial charge in [0.15, 0.2) is 0 Å². The van der Waals surface area contributed by atoms with E-state index in [9.17, 15) is 0 Å². The van der Waals surface area contributed by atoms with Crippen LogP contribution < -0.4 is 0 Å². The van der Waals surface area contributed by atoms with Crippen LogP contribution in [-0.2, 0) is 33.2 Å². The molecule has 0 aliphatic rings. The Kier molecular flexibility index (Phi) is 24.1. The largest absolute Gasteiger partial charge is 0.391 e. The van der Waals surface area contributed by atoms with Gasteiger partial charge in [0.2, 0.25) is 0 Å². The lowest BCUT2D eigenvalue weighted by atomic mass is 10.1. The maximum absolute atomic E-state index is 9.04. The predicted octanol–water partition coefficient (Wildman–Crippen LogP) is 2.84. The molecular formula is C23H48O8. The Balaban J connectivity index is 3.28. The Morgan fingerprint density at radius 3 is 1.45 bits per heavy atom. The van der Waals surface area contributed by atoms with Gasteiger partial charge in [-0.3, -0.25) is 0 Å². The second-order valence-electron chi connectivity index (χ2n) is 7.59. The second kappa shape index (κ2) is 24.3. The molecule has 0 saturated heterocycles. The molecule has 0 aromatic carbocycles. The standard InChI is InChI=1S/C23H48O8/c1-5-7-23(8-6-2)31-18-16-27-12-14-29-20-22(4)30-17-15-26-10-9-25-11-13-28-19-21(3)24/h21-24H,5-20H2,1-4H3. The van der Waals surface area contributed by atoms with Gasteiger partial charge in [0.25, 0.3) is 0 Å². The number of rotatable bonds is 25. The van der Waals surface area contributed by atoms with E-state index >= 15 is 0 Å². The van der Waals surface area contributed by atoms with Gasteiger partial charge in [-0.15, -0.1) is 0 Å². The van der Waals surface area contributed by atoms with E-state index < -0.39 is 6.10 Å². The fourth-order valence-electron chi connectivity index (χ4n) is 2.75. The first-order chi connectivity index (χ1) is 15.1. The normalized spacial score (nSPS) is 13.7. The van der Waals surface area contributed by atoms with Crippen LogP contribution in [0.3, 0.4) is 0 Å². The lowest BCUT2D eigenvalue weighted by molar-refractivity contribution is -0.0523. The minimum Gasteiger partial charge on any atom is -0.391 e. The minimum absolute atomic E-state index is 0.0121. The molecule has 0 bridgehead atoms. The van der Waals surface area contributed by atoms with Crippen LogP contribution in [0.2, 0.25) is 0 Å². The summed E-state index contributed by atoms with van der Waals surface area (Å²) >= 11 is 0. The van der Waals surface area contributed by atoms with Crippen LogP contribution >= 0.6 is 0 Å². The molecule has 0 saturated carbocycles. The van der Waals surface area contributed by atoms with Gasteiger partial charge in [-0.25, -0.2) is 0 Å². The quantitative estimate of drug-likeness (QED) is 0.212. The van der Waals surface area contributed by atoms with Crippen molar-refractivity contribution in [2.24, 2.45) is 0 Å². The fourth-order valence-corrected chi connectivity index (χ4v) is 2.75. The molecule has 0 rings (SSSR count). The molecule has 188 valence electrons. The van der Waals surface area contributed by atoms with Gasteiger partial charge in [-0.05, 0) is 26.7 Å². The lowest BCUT2D eigenvalue weighted by Gasteiger charge is -2.16. The smallest absolute Gasteiger partial charge is 0.0781 e. The minimum atomic E-state index is -0.441. The Morgan fingerprint density at radius 1 is 0.548 bits per heavy atom. The van der Waals surface area contributed by atoms with Crippen molar-refractivity contribution in [3.05, 3.63) is 0 Å². The number of hydrogen-bond acceptors (Lipinski definition) is 8. The summed E-state index contributed by atoms with van der Waals surface area (Å²) in [5.74, 6) is 0. The van der Waals surface area contributed by atoms with E-state index in [0.29, 0.717) is 85.4 Å². The van der Waals surface area contributed by atoms with Crippen molar-refractivity contribution in [3.8, 4) is 0 Å². The van der Waals surface area contributed by atoms with Gasteiger partial charge >= 0.3 is 0 Å². The summed E-state index contributed by atoms with van der Waals surface area (Å²) in [6.07, 6.45) is 4.49. The summed E-state index contributed by atoms with van der Waals surface area (Å²) < 4.78 is 38.7. The second-order valence-corrected chi connectivity index (χ2v) is 7.59. The SMILES string of the molecule is CCCC(CCC)OCCOCCOCC(C)OCCOCCOCCOCC(C)O. The molecule has 0 spiro atoms. The molecule has 0 aliphatic carbocycles. The molecular weight excluding hydrogens is 404 g/mol. The van der Waals surface area contributed by atoms with Crippen LogP contribution in [0.5, 0.6) is 0 Å². The van der Waals surface area contributed by atoms with Crippen LogP contribution in [0.4, 0.5) is 0 Å². The van der Waals surface area contributed by atoms with Gasteiger partial charge in [-0.1, -0.05) is 26.7 Å². The highest BCUT2D eigenvalue weighted by atomic mass is 16.6. The maximum atomic E-state index is 9.04. The zero-order valence-corrected chi connectivity index (χ0v) is 20.4. The number of hydrogen-bond donors (Lipinski definition) is 1. The van der Waals surface area contributed by atoms with Crippen molar-refractivity contribution < 1.29 is 38.3 Å². The highest BCUT2D eigenvalue weighted by Crippen LogP contribution is 2.08. The molecule has 8 nitrogen and oxygen atoms in total. The van der Waals surface area contributed by atoms with E-state index in [4.69, 9.17) is 38.3 Å². The van der Waals surface area contributed by atoms with Crippen molar-refractivity contribution >= 4 is 0 Å². The average molecular weight is 453 g/mol. The molecule has 8 heteroatoms. The molecule has 0 aliphatic heterocycles. The van der Waals surface area contributed by atoms with Crippen LogP contribution in [0.1, 0.15) is 53.4 Å². The summed E-state index contributed by atoms with van der Waals surface area (Å²) in [4.78, 5) is 0. The van der Waals surface area contributed by atoms with Crippen molar-refractivity contribution in [1.29, 1.82) is 0 Å². The van der Waals surface area contributed by atoms with Crippen LogP contribution in [-0.4, -0.2) is 103 Å². The zero-order valence-electron chi connectivity index (χ0n) is 20.4. The van der Waals surface area contributed by atoms with E-state index in [0.717, 1.165) is 25.7 Å². The first-order valence-corrected chi connectivity index (χ1v) is 11.9. The summed E-state index contributed by atoms with van der Waals surface area (Å²) in [6, 6.07) is 0. The predicted molar refractivity (Wildman–Crippen MR) is 121 cm³/mol. The molecule has 0 heterocycles. The fraction of sp³-hybridized carbons (Fsp3) is 1.00. The van der Waals surface area contributed by atoms with Gasteiger partial charge in [0, 0.05) is 0 Å². The molecule has 0 radical (unpaired) electrons. The Bertz CT molecular complexity index is 338. The van der Waals surface area contributed by atoms with E-state index in [2.05, 4.69) is 13.8 Å². The van der Waals surface area contributed by atoms with Crippen molar-refractivity contribution in [3.63, 3.8) is 0 Å². The van der Waals surface area contributed by atoms with Gasteiger partial charge in [0.05, 0.1) is 97.6 Å². The summed E-state index contributed by atoms with van der Waals surface area (Å²) in [5, 5.41) is 9.04. The molecule has 0 aromatic heterocycles. The van der Waals surface area contributed by atoms with Crippen molar-refractivity contribution in [2.45, 2.75) is 71.7 Å². The first kappa shape index (κ1) is 30.7. The molecule has 2 atom stereocenters. The Labute approximate surface area is 189 Å². The average Bonchev–Trinajstić information content (AvgIpc) is 2.73. The Morgan fingerprint density at radius 2 is 0.968 bits per heavy atom. The topological polar surface area (TPSA) is 84.8 Å². The van der Waals surface area contributed by atoms with Crippen LogP contribution in [0.25, 0.3) is 0 Å². The highest BCUT2D eigenvalue weighted by Gasteiger charge is 2.06. The molecule has 0 amide bonds. The van der Waals surface area contributed by atoms with Gasteiger partial charge < -0.3 is 38.3 Å². The van der Waals surface area contributed by atoms with Crippen molar-refractivity contribution in [2.75, 3.05) is 79.3 Å². The molecule has 2 unspecified atom stereocenters. The number of aliphatic hydroxyl groups is 1. The van der Waals surface area contributed by atoms with Crippen LogP contribution in [0.15, 0.2) is 0 Å². The monoisotopic (exact) mass is 452 g/mol. The van der Waals surface area contributed by atoms with E-state index in [-0.39, 0.29) is 6.10 Å². The van der Waals surface area contributed by atoms with E-state index in [1.807, 2.05) is 6.92 Å². The summed E-state index contributed by atoms with van der Waals surface area (Å²) in [6.45, 7) is 14.3. The lowest BCUT2D eigenvalue weighted by Crippen LogP contribution is -2.21. The van der Waals surface area contributed by atoms with Crippen molar-refractivity contribution in [1.82, 2.24) is 0 Å². The number of aliphatic hydroxyl groups excluding tert-OH is 1. The molecule has 0 fully saturated rings. The maximum Gasteiger partial charge on any atom is 0.0781 e. The van der Waals surface area contributed by atoms with E-state index in [1.54, 1.807) is 6.92 Å². The summed E-state index contributed by atoms with van der Waals surface area (Å²) in [7, 11) is 0. The molecule has 31 heavy (non-hydrogen) atoms. The van der Waals surface area contributed by atoms with E-state index in [1.165, 1.54) is 0 Å². The number of ether oxygens (including phenoxy) is 7. The third-order valence-corrected chi connectivity index (χ3v) is 4.26. The summed E-state index contributed by atoms with van der Waals surface area (Å²) in [5.41, 5.74) is 0. The third-order valence-electron chi connectivity index (χ3n) is 4.26.